The Morgan fingerprint density at radius 1 is 1.05 bits per heavy atom. The molecule has 1 saturated heterocycles. The number of carbonyl (C=O) groups is 3. The van der Waals surface area contributed by atoms with Crippen molar-refractivity contribution in [3.05, 3.63) is 77.0 Å². The molecule has 37 heavy (non-hydrogen) atoms. The highest BCUT2D eigenvalue weighted by Crippen LogP contribution is 2.46. The summed E-state index contributed by atoms with van der Waals surface area (Å²) in [5.74, 6) is 0.163. The number of esters is 1. The topological polar surface area (TPSA) is 101 Å². The summed E-state index contributed by atoms with van der Waals surface area (Å²) >= 11 is 0. The zero-order chi connectivity index (χ0) is 26.2. The van der Waals surface area contributed by atoms with Gasteiger partial charge in [0.1, 0.15) is 5.75 Å². The van der Waals surface area contributed by atoms with Gasteiger partial charge in [-0.05, 0) is 61.7 Å². The molecule has 1 aliphatic carbocycles. The Hall–Kier alpha value is -4.07. The number of aromatic amines is 1. The largest absolute Gasteiger partial charge is 0.497 e. The van der Waals surface area contributed by atoms with Gasteiger partial charge in [0.2, 0.25) is 0 Å². The summed E-state index contributed by atoms with van der Waals surface area (Å²) < 4.78 is 10.1. The van der Waals surface area contributed by atoms with Gasteiger partial charge in [-0.2, -0.15) is 0 Å². The minimum atomic E-state index is -0.429. The molecule has 8 nitrogen and oxygen atoms in total. The Labute approximate surface area is 216 Å². The van der Waals surface area contributed by atoms with Gasteiger partial charge in [-0.1, -0.05) is 18.6 Å². The lowest BCUT2D eigenvalue weighted by molar-refractivity contribution is -0.00433. The third-order valence-electron chi connectivity index (χ3n) is 7.71. The third-order valence-corrected chi connectivity index (χ3v) is 7.71. The molecule has 2 heterocycles. The minimum absolute atomic E-state index is 0.00213. The molecule has 2 aliphatic rings. The van der Waals surface area contributed by atoms with Crippen LogP contribution in [0.25, 0.3) is 11.3 Å². The van der Waals surface area contributed by atoms with E-state index in [9.17, 15) is 14.4 Å². The van der Waals surface area contributed by atoms with Gasteiger partial charge in [0.05, 0.1) is 25.3 Å². The van der Waals surface area contributed by atoms with Crippen LogP contribution in [0.4, 0.5) is 0 Å². The molecule has 1 aromatic heterocycles. The number of aromatic nitrogens is 1. The molecule has 2 N–H and O–H groups in total. The van der Waals surface area contributed by atoms with E-state index in [2.05, 4.69) is 10.3 Å². The average Bonchev–Trinajstić information content (AvgIpc) is 3.55. The lowest BCUT2D eigenvalue weighted by Gasteiger charge is -2.51. The van der Waals surface area contributed by atoms with Crippen molar-refractivity contribution in [1.82, 2.24) is 15.2 Å². The average molecular weight is 502 g/mol. The van der Waals surface area contributed by atoms with Gasteiger partial charge >= 0.3 is 5.97 Å². The van der Waals surface area contributed by atoms with Crippen LogP contribution in [0, 0.1) is 12.3 Å². The summed E-state index contributed by atoms with van der Waals surface area (Å²) in [7, 11) is 2.96. The molecule has 0 radical (unpaired) electrons. The Morgan fingerprint density at radius 2 is 1.86 bits per heavy atom. The van der Waals surface area contributed by atoms with Gasteiger partial charge in [-0.3, -0.25) is 9.59 Å². The van der Waals surface area contributed by atoms with Crippen LogP contribution in [-0.2, 0) is 4.74 Å². The van der Waals surface area contributed by atoms with Gasteiger partial charge in [0.15, 0.2) is 0 Å². The number of ether oxygens (including phenoxy) is 2. The number of aryl methyl sites for hydroxylation is 1. The summed E-state index contributed by atoms with van der Waals surface area (Å²) in [6.07, 6.45) is 4.62. The third kappa shape index (κ3) is 4.59. The lowest BCUT2D eigenvalue weighted by atomic mass is 9.74. The van der Waals surface area contributed by atoms with Gasteiger partial charge in [0.25, 0.3) is 11.8 Å². The van der Waals surface area contributed by atoms with E-state index in [0.29, 0.717) is 29.8 Å². The Kier molecular flexibility index (Phi) is 6.50. The number of methoxy groups -OCH3 is 2. The maximum Gasteiger partial charge on any atom is 0.337 e. The van der Waals surface area contributed by atoms with Crippen molar-refractivity contribution in [2.45, 2.75) is 32.2 Å². The molecular formula is C29H31N3O5. The maximum atomic E-state index is 13.2. The van der Waals surface area contributed by atoms with Gasteiger partial charge < -0.3 is 24.7 Å². The molecule has 1 spiro atoms. The molecule has 2 aromatic carbocycles. The number of carbonyl (C=O) groups excluding carboxylic acids is 3. The zero-order valence-electron chi connectivity index (χ0n) is 21.3. The van der Waals surface area contributed by atoms with Crippen molar-refractivity contribution in [3.8, 4) is 17.0 Å². The first-order chi connectivity index (χ1) is 17.8. The first-order valence-corrected chi connectivity index (χ1v) is 12.5. The van der Waals surface area contributed by atoms with Crippen LogP contribution in [0.3, 0.4) is 0 Å². The summed E-state index contributed by atoms with van der Waals surface area (Å²) in [5.41, 5.74) is 4.01. The SMILES string of the molecule is COC(=O)c1ccc(C(=O)NC2CCCC23CN(C(=O)c2c[nH]c(-c4cccc(OC)c4)c2)C3)c(C)c1. The molecule has 1 atom stereocenters. The Balaban J connectivity index is 1.23. The van der Waals surface area contributed by atoms with Gasteiger partial charge in [-0.15, -0.1) is 0 Å². The summed E-state index contributed by atoms with van der Waals surface area (Å²) in [6.45, 7) is 3.06. The molecule has 1 unspecified atom stereocenters. The molecule has 1 saturated carbocycles. The van der Waals surface area contributed by atoms with E-state index in [0.717, 1.165) is 41.8 Å². The monoisotopic (exact) mass is 501 g/mol. The standard InChI is InChI=1S/C29H31N3O5/c1-18-12-20(28(35)37-3)9-10-23(18)26(33)31-25-8-5-11-29(25)16-32(17-29)27(34)21-14-24(30-15-21)19-6-4-7-22(13-19)36-2/h4,6-7,9-10,12-15,25,30H,5,8,11,16-17H2,1-3H3,(H,31,33). The molecule has 1 aliphatic heterocycles. The highest BCUT2D eigenvalue weighted by atomic mass is 16.5. The molecule has 0 bridgehead atoms. The number of nitrogens with zero attached hydrogens (tertiary/aromatic N) is 1. The Morgan fingerprint density at radius 3 is 2.59 bits per heavy atom. The van der Waals surface area contributed by atoms with E-state index in [-0.39, 0.29) is 23.3 Å². The second kappa shape index (κ2) is 9.76. The number of H-pyrrole nitrogens is 1. The summed E-state index contributed by atoms with van der Waals surface area (Å²) in [6, 6.07) is 14.5. The zero-order valence-corrected chi connectivity index (χ0v) is 21.3. The quantitative estimate of drug-likeness (QED) is 0.493. The molecular weight excluding hydrogens is 470 g/mol. The second-order valence-electron chi connectivity index (χ2n) is 10.00. The van der Waals surface area contributed by atoms with Crippen molar-refractivity contribution in [2.75, 3.05) is 27.3 Å². The van der Waals surface area contributed by atoms with E-state index < -0.39 is 5.97 Å². The molecule has 3 aromatic rings. The van der Waals surface area contributed by atoms with E-state index >= 15 is 0 Å². The predicted molar refractivity (Wildman–Crippen MR) is 139 cm³/mol. The summed E-state index contributed by atoms with van der Waals surface area (Å²) in [5, 5.41) is 3.22. The second-order valence-corrected chi connectivity index (χ2v) is 10.00. The molecule has 8 heteroatoms. The molecule has 2 amide bonds. The maximum absolute atomic E-state index is 13.2. The van der Waals surface area contributed by atoms with E-state index in [4.69, 9.17) is 9.47 Å². The van der Waals surface area contributed by atoms with Crippen molar-refractivity contribution >= 4 is 17.8 Å². The summed E-state index contributed by atoms with van der Waals surface area (Å²) in [4.78, 5) is 43.1. The number of hydrogen-bond donors (Lipinski definition) is 2. The normalized spacial score (nSPS) is 17.8. The van der Waals surface area contributed by atoms with Crippen molar-refractivity contribution in [3.63, 3.8) is 0 Å². The van der Waals surface area contributed by atoms with E-state index in [1.54, 1.807) is 31.5 Å². The van der Waals surface area contributed by atoms with Crippen LogP contribution in [0.5, 0.6) is 5.75 Å². The number of rotatable bonds is 6. The van der Waals surface area contributed by atoms with Crippen LogP contribution in [-0.4, -0.2) is 61.0 Å². The fourth-order valence-electron chi connectivity index (χ4n) is 5.66. The fraction of sp³-hybridized carbons (Fsp3) is 0.345. The first kappa shape index (κ1) is 24.6. The first-order valence-electron chi connectivity index (χ1n) is 12.5. The van der Waals surface area contributed by atoms with E-state index in [1.807, 2.05) is 42.2 Å². The highest BCUT2D eigenvalue weighted by Gasteiger charge is 2.53. The van der Waals surface area contributed by atoms with Crippen molar-refractivity contribution < 1.29 is 23.9 Å². The van der Waals surface area contributed by atoms with Crippen LogP contribution in [0.2, 0.25) is 0 Å². The van der Waals surface area contributed by atoms with Crippen molar-refractivity contribution in [1.29, 1.82) is 0 Å². The smallest absolute Gasteiger partial charge is 0.337 e. The number of hydrogen-bond acceptors (Lipinski definition) is 5. The Bertz CT molecular complexity index is 1360. The number of benzene rings is 2. The van der Waals surface area contributed by atoms with Crippen molar-refractivity contribution in [2.24, 2.45) is 5.41 Å². The number of amides is 2. The minimum Gasteiger partial charge on any atom is -0.497 e. The lowest BCUT2D eigenvalue weighted by Crippen LogP contribution is -2.64. The van der Waals surface area contributed by atoms with Crippen LogP contribution in [0.1, 0.15) is 55.9 Å². The van der Waals surface area contributed by atoms with Crippen LogP contribution >= 0.6 is 0 Å². The molecule has 2 fully saturated rings. The highest BCUT2D eigenvalue weighted by molar-refractivity contribution is 5.98. The fourth-order valence-corrected chi connectivity index (χ4v) is 5.66. The molecule has 5 rings (SSSR count). The predicted octanol–water partition coefficient (Wildman–Crippen LogP) is 4.21. The van der Waals surface area contributed by atoms with E-state index in [1.165, 1.54) is 7.11 Å². The number of nitrogens with one attached hydrogen (secondary N) is 2. The molecule has 192 valence electrons. The van der Waals surface area contributed by atoms with Crippen LogP contribution in [0.15, 0.2) is 54.7 Å². The number of likely N-dealkylation sites (tertiary alicyclic amines) is 1. The van der Waals surface area contributed by atoms with Gasteiger partial charge in [-0.25, -0.2) is 4.79 Å². The van der Waals surface area contributed by atoms with Crippen LogP contribution < -0.4 is 10.1 Å². The van der Waals surface area contributed by atoms with Gasteiger partial charge in [0, 0.05) is 47.6 Å².